The third kappa shape index (κ3) is 3.53. The number of benzene rings is 1. The van der Waals surface area contributed by atoms with Crippen LogP contribution >= 0.6 is 0 Å². The predicted octanol–water partition coefficient (Wildman–Crippen LogP) is 5.37. The van der Waals surface area contributed by atoms with E-state index in [-0.39, 0.29) is 29.2 Å². The Kier molecular flexibility index (Phi) is 5.09. The lowest BCUT2D eigenvalue weighted by Gasteiger charge is -2.46. The molecule has 5 rings (SSSR count). The fourth-order valence-corrected chi connectivity index (χ4v) is 6.40. The van der Waals surface area contributed by atoms with Crippen molar-refractivity contribution in [3.63, 3.8) is 0 Å². The Bertz CT molecular complexity index is 902. The second-order valence-corrected chi connectivity index (χ2v) is 10.1. The summed E-state index contributed by atoms with van der Waals surface area (Å²) in [6.07, 6.45) is 9.01. The number of allylic oxidation sites excluding steroid dienone is 2. The molecular formula is C26H32FNO2. The van der Waals surface area contributed by atoms with Crippen LogP contribution in [0.2, 0.25) is 0 Å². The van der Waals surface area contributed by atoms with Crippen LogP contribution in [-0.4, -0.2) is 36.6 Å². The molecule has 1 saturated heterocycles. The van der Waals surface area contributed by atoms with Gasteiger partial charge in [0.15, 0.2) is 0 Å². The number of carbonyl (C=O) groups is 1. The normalized spacial score (nSPS) is 34.3. The summed E-state index contributed by atoms with van der Waals surface area (Å²) in [6.45, 7) is 7.24. The van der Waals surface area contributed by atoms with Crippen molar-refractivity contribution in [3.05, 3.63) is 52.9 Å². The first-order valence-electron chi connectivity index (χ1n) is 11.5. The van der Waals surface area contributed by atoms with Gasteiger partial charge in [0.1, 0.15) is 11.9 Å². The molecule has 0 amide bonds. The van der Waals surface area contributed by atoms with Gasteiger partial charge in [-0.2, -0.15) is 0 Å². The van der Waals surface area contributed by atoms with Gasteiger partial charge in [0.2, 0.25) is 0 Å². The van der Waals surface area contributed by atoms with Crippen molar-refractivity contribution in [1.29, 1.82) is 0 Å². The van der Waals surface area contributed by atoms with Gasteiger partial charge in [-0.3, -0.25) is 9.69 Å². The summed E-state index contributed by atoms with van der Waals surface area (Å²) >= 11 is 0. The Morgan fingerprint density at radius 1 is 1.23 bits per heavy atom. The summed E-state index contributed by atoms with van der Waals surface area (Å²) < 4.78 is 19.1. The van der Waals surface area contributed by atoms with Gasteiger partial charge >= 0.3 is 5.97 Å². The van der Waals surface area contributed by atoms with E-state index in [0.29, 0.717) is 5.92 Å². The number of ether oxygens (including phenoxy) is 1. The average Bonchev–Trinajstić information content (AvgIpc) is 3.01. The van der Waals surface area contributed by atoms with Crippen LogP contribution in [0.3, 0.4) is 0 Å². The van der Waals surface area contributed by atoms with Gasteiger partial charge in [0.05, 0.1) is 5.92 Å². The highest BCUT2D eigenvalue weighted by Gasteiger charge is 2.53. The number of nitrogens with zero attached hydrogens (tertiary/aromatic N) is 1. The maximum Gasteiger partial charge on any atom is 0.310 e. The average molecular weight is 410 g/mol. The lowest BCUT2D eigenvalue weighted by molar-refractivity contribution is -0.145. The third-order valence-corrected chi connectivity index (χ3v) is 8.14. The third-order valence-electron chi connectivity index (χ3n) is 8.14. The highest BCUT2D eigenvalue weighted by atomic mass is 19.1. The van der Waals surface area contributed by atoms with Crippen LogP contribution in [-0.2, 0) is 9.53 Å². The highest BCUT2D eigenvalue weighted by molar-refractivity contribution is 5.76. The molecule has 4 heteroatoms. The van der Waals surface area contributed by atoms with Gasteiger partial charge < -0.3 is 4.74 Å². The highest BCUT2D eigenvalue weighted by Crippen LogP contribution is 2.55. The molecule has 4 aliphatic rings. The second kappa shape index (κ2) is 7.64. The molecule has 0 spiro atoms. The minimum absolute atomic E-state index is 0.0115. The lowest BCUT2D eigenvalue weighted by Crippen LogP contribution is -2.42. The summed E-state index contributed by atoms with van der Waals surface area (Å²) in [5.74, 6) is 0.135. The first kappa shape index (κ1) is 20.0. The molecule has 0 aromatic heterocycles. The van der Waals surface area contributed by atoms with Crippen molar-refractivity contribution >= 4 is 11.5 Å². The number of hydrogen-bond donors (Lipinski definition) is 0. The smallest absolute Gasteiger partial charge is 0.310 e. The Labute approximate surface area is 179 Å². The minimum atomic E-state index is -0.196. The van der Waals surface area contributed by atoms with Crippen LogP contribution in [0.4, 0.5) is 4.39 Å². The fourth-order valence-electron chi connectivity index (χ4n) is 6.40. The Balaban J connectivity index is 1.28. The van der Waals surface area contributed by atoms with Crippen molar-refractivity contribution < 1.29 is 13.9 Å². The molecule has 2 aliphatic heterocycles. The molecule has 1 saturated carbocycles. The zero-order valence-corrected chi connectivity index (χ0v) is 18.1. The van der Waals surface area contributed by atoms with Gasteiger partial charge in [0, 0.05) is 25.6 Å². The topological polar surface area (TPSA) is 29.5 Å². The van der Waals surface area contributed by atoms with E-state index in [1.165, 1.54) is 37.0 Å². The maximum absolute atomic E-state index is 13.2. The van der Waals surface area contributed by atoms with Gasteiger partial charge in [-0.05, 0) is 74.1 Å². The maximum atomic E-state index is 13.2. The number of esters is 1. The standard InChI is InChI=1S/C26H32FNO2/c1-17-4-3-11-26(2)15-24-21(14-23(17)26)22(25(29)30-24)16-28-12-9-19(10-13-28)18-5-7-20(27)8-6-18/h5-9,21-22,24H,3-4,10-16H2,1-2H3/t21-,22?,24-,26-/m1/s1. The first-order valence-corrected chi connectivity index (χ1v) is 11.5. The van der Waals surface area contributed by atoms with Crippen LogP contribution in [0.1, 0.15) is 57.9 Å². The molecule has 0 bridgehead atoms. The molecule has 2 fully saturated rings. The molecular weight excluding hydrogens is 377 g/mol. The first-order chi connectivity index (χ1) is 14.4. The Hall–Kier alpha value is -1.94. The molecule has 30 heavy (non-hydrogen) atoms. The van der Waals surface area contributed by atoms with Crippen LogP contribution in [0, 0.1) is 23.1 Å². The molecule has 0 radical (unpaired) electrons. The van der Waals surface area contributed by atoms with E-state index in [9.17, 15) is 9.18 Å². The Morgan fingerprint density at radius 3 is 2.77 bits per heavy atom. The van der Waals surface area contributed by atoms with Gasteiger partial charge in [-0.15, -0.1) is 0 Å². The number of fused-ring (bicyclic) bond motifs is 2. The molecule has 0 N–H and O–H groups in total. The van der Waals surface area contributed by atoms with E-state index in [1.54, 1.807) is 11.1 Å². The number of carbonyl (C=O) groups excluding carboxylic acids is 1. The molecule has 2 heterocycles. The van der Waals surface area contributed by atoms with Gasteiger partial charge in [0.25, 0.3) is 0 Å². The molecule has 160 valence electrons. The van der Waals surface area contributed by atoms with E-state index < -0.39 is 0 Å². The molecule has 1 aromatic rings. The fraction of sp³-hybridized carbons (Fsp3) is 0.577. The Morgan fingerprint density at radius 2 is 2.03 bits per heavy atom. The zero-order valence-electron chi connectivity index (χ0n) is 18.1. The van der Waals surface area contributed by atoms with E-state index in [2.05, 4.69) is 24.8 Å². The quantitative estimate of drug-likeness (QED) is 0.496. The summed E-state index contributed by atoms with van der Waals surface area (Å²) in [5.41, 5.74) is 5.79. The number of rotatable bonds is 3. The summed E-state index contributed by atoms with van der Waals surface area (Å²) in [5, 5.41) is 0. The van der Waals surface area contributed by atoms with Crippen LogP contribution in [0.15, 0.2) is 41.5 Å². The predicted molar refractivity (Wildman–Crippen MR) is 116 cm³/mol. The number of halogens is 1. The van der Waals surface area contributed by atoms with E-state index in [0.717, 1.165) is 44.5 Å². The van der Waals surface area contributed by atoms with Crippen molar-refractivity contribution in [3.8, 4) is 0 Å². The van der Waals surface area contributed by atoms with E-state index in [4.69, 9.17) is 4.74 Å². The molecule has 1 aromatic carbocycles. The number of hydrogen-bond acceptors (Lipinski definition) is 3. The molecule has 2 aliphatic carbocycles. The molecule has 4 atom stereocenters. The van der Waals surface area contributed by atoms with Crippen molar-refractivity contribution in [2.24, 2.45) is 17.3 Å². The molecule has 3 nitrogen and oxygen atoms in total. The largest absolute Gasteiger partial charge is 0.462 e. The lowest BCUT2D eigenvalue weighted by atomic mass is 9.59. The van der Waals surface area contributed by atoms with E-state index in [1.807, 2.05) is 12.1 Å². The minimum Gasteiger partial charge on any atom is -0.462 e. The van der Waals surface area contributed by atoms with Crippen molar-refractivity contribution in [2.45, 2.75) is 58.5 Å². The van der Waals surface area contributed by atoms with Crippen LogP contribution in [0.5, 0.6) is 0 Å². The van der Waals surface area contributed by atoms with Crippen LogP contribution in [0.25, 0.3) is 5.57 Å². The zero-order chi connectivity index (χ0) is 20.9. The van der Waals surface area contributed by atoms with E-state index >= 15 is 0 Å². The molecule has 1 unspecified atom stereocenters. The van der Waals surface area contributed by atoms with Gasteiger partial charge in [-0.25, -0.2) is 4.39 Å². The monoisotopic (exact) mass is 409 g/mol. The van der Waals surface area contributed by atoms with Crippen molar-refractivity contribution in [2.75, 3.05) is 19.6 Å². The van der Waals surface area contributed by atoms with Crippen molar-refractivity contribution in [1.82, 2.24) is 4.90 Å². The summed E-state index contributed by atoms with van der Waals surface area (Å²) in [6, 6.07) is 6.76. The second-order valence-electron chi connectivity index (χ2n) is 10.1. The summed E-state index contributed by atoms with van der Waals surface area (Å²) in [7, 11) is 0. The summed E-state index contributed by atoms with van der Waals surface area (Å²) in [4.78, 5) is 15.2. The SMILES string of the molecule is CC1=C2C[C@@H]3C(CN4CC=C(c5ccc(F)cc5)CC4)C(=O)O[C@@H]3C[C@@]2(C)CCC1. The van der Waals surface area contributed by atoms with Crippen LogP contribution < -0.4 is 0 Å². The van der Waals surface area contributed by atoms with Gasteiger partial charge in [-0.1, -0.05) is 36.3 Å².